The Morgan fingerprint density at radius 2 is 2.24 bits per heavy atom. The summed E-state index contributed by atoms with van der Waals surface area (Å²) in [6.07, 6.45) is -1.06. The summed E-state index contributed by atoms with van der Waals surface area (Å²) in [5.74, 6) is 1.02. The molecule has 8 nitrogen and oxygen atoms in total. The highest BCUT2D eigenvalue weighted by atomic mass is 79.9. The van der Waals surface area contributed by atoms with E-state index < -0.39 is 6.09 Å². The van der Waals surface area contributed by atoms with E-state index in [0.29, 0.717) is 36.9 Å². The summed E-state index contributed by atoms with van der Waals surface area (Å²) in [7, 11) is 0. The molecule has 9 heteroatoms. The van der Waals surface area contributed by atoms with E-state index in [1.54, 1.807) is 0 Å². The first kappa shape index (κ1) is 17.4. The molecule has 0 aliphatic carbocycles. The zero-order valence-corrected chi connectivity index (χ0v) is 15.2. The first-order valence-electron chi connectivity index (χ1n) is 7.79. The van der Waals surface area contributed by atoms with Crippen molar-refractivity contribution in [3.8, 4) is 0 Å². The number of hydrogen-bond donors (Lipinski definition) is 3. The van der Waals surface area contributed by atoms with Gasteiger partial charge < -0.3 is 25.5 Å². The van der Waals surface area contributed by atoms with Crippen molar-refractivity contribution in [3.05, 3.63) is 28.5 Å². The highest BCUT2D eigenvalue weighted by molar-refractivity contribution is 9.10. The number of nitrogens with two attached hydrogens (primary N) is 1. The maximum Gasteiger partial charge on any atom is 0.404 e. The number of hydrogen-bond acceptors (Lipinski definition) is 5. The number of ether oxygens (including phenoxy) is 1. The highest BCUT2D eigenvalue weighted by Gasteiger charge is 2.17. The first-order valence-corrected chi connectivity index (χ1v) is 8.59. The molecular formula is C16H18BrN5O3. The lowest BCUT2D eigenvalue weighted by molar-refractivity contribution is 0.126. The molecule has 132 valence electrons. The minimum absolute atomic E-state index is 0.250. The molecule has 25 heavy (non-hydrogen) atoms. The van der Waals surface area contributed by atoms with Crippen LogP contribution in [0.25, 0.3) is 21.9 Å². The number of carbonyl (C=O) groups is 1. The van der Waals surface area contributed by atoms with Crippen LogP contribution in [0, 0.1) is 0 Å². The third-order valence-electron chi connectivity index (χ3n) is 3.79. The largest absolute Gasteiger partial charge is 0.465 e. The number of nitrogens with one attached hydrogen (secondary N) is 1. The number of rotatable bonds is 6. The quantitative estimate of drug-likeness (QED) is 0.578. The average Bonchev–Trinajstić information content (AvgIpc) is 2.92. The Kier molecular flexibility index (Phi) is 5.05. The SMILES string of the molecule is CCOCc1nc2c(N)nc3cc(Br)ccc3c2n1CCNC(=O)O. The van der Waals surface area contributed by atoms with Gasteiger partial charge in [-0.15, -0.1) is 0 Å². The van der Waals surface area contributed by atoms with E-state index >= 15 is 0 Å². The molecule has 0 fully saturated rings. The molecular weight excluding hydrogens is 390 g/mol. The van der Waals surface area contributed by atoms with Crippen molar-refractivity contribution in [2.75, 3.05) is 18.9 Å². The topological polar surface area (TPSA) is 115 Å². The number of imidazole rings is 1. The Labute approximate surface area is 152 Å². The molecule has 0 aliphatic heterocycles. The van der Waals surface area contributed by atoms with Crippen LogP contribution in [0.4, 0.5) is 10.6 Å². The van der Waals surface area contributed by atoms with Crippen LogP contribution >= 0.6 is 15.9 Å². The molecule has 3 aromatic rings. The van der Waals surface area contributed by atoms with Crippen molar-refractivity contribution < 1.29 is 14.6 Å². The Balaban J connectivity index is 2.18. The summed E-state index contributed by atoms with van der Waals surface area (Å²) in [6, 6.07) is 5.76. The van der Waals surface area contributed by atoms with Crippen LogP contribution in [-0.4, -0.2) is 38.9 Å². The van der Waals surface area contributed by atoms with Crippen molar-refractivity contribution in [3.63, 3.8) is 0 Å². The van der Waals surface area contributed by atoms with Gasteiger partial charge in [0, 0.05) is 29.6 Å². The molecule has 2 aromatic heterocycles. The van der Waals surface area contributed by atoms with Crippen LogP contribution in [0.1, 0.15) is 12.7 Å². The molecule has 2 heterocycles. The number of nitrogens with zero attached hydrogens (tertiary/aromatic N) is 3. The Hall–Kier alpha value is -2.39. The number of aromatic nitrogens is 3. The van der Waals surface area contributed by atoms with E-state index in [2.05, 4.69) is 31.2 Å². The predicted molar refractivity (Wildman–Crippen MR) is 98.5 cm³/mol. The van der Waals surface area contributed by atoms with Gasteiger partial charge in [-0.1, -0.05) is 15.9 Å². The van der Waals surface area contributed by atoms with Gasteiger partial charge in [0.25, 0.3) is 0 Å². The van der Waals surface area contributed by atoms with Crippen LogP contribution in [0.5, 0.6) is 0 Å². The van der Waals surface area contributed by atoms with Gasteiger partial charge >= 0.3 is 6.09 Å². The maximum absolute atomic E-state index is 10.8. The second kappa shape index (κ2) is 7.24. The molecule has 1 aromatic carbocycles. The summed E-state index contributed by atoms with van der Waals surface area (Å²) >= 11 is 3.44. The van der Waals surface area contributed by atoms with Gasteiger partial charge in [-0.05, 0) is 25.1 Å². The average molecular weight is 408 g/mol. The molecule has 0 saturated carbocycles. The standard InChI is InChI=1S/C16H18BrN5O3/c1-2-25-8-12-21-13-14(22(12)6-5-19-16(23)24)10-4-3-9(17)7-11(10)20-15(13)18/h3-4,7,19H,2,5-6,8H2,1H3,(H2,18,20)(H,23,24). The third-order valence-corrected chi connectivity index (χ3v) is 4.29. The van der Waals surface area contributed by atoms with Gasteiger partial charge in [-0.3, -0.25) is 0 Å². The van der Waals surface area contributed by atoms with E-state index in [-0.39, 0.29) is 6.54 Å². The number of halogens is 1. The third kappa shape index (κ3) is 3.52. The number of fused-ring (bicyclic) bond motifs is 3. The van der Waals surface area contributed by atoms with Gasteiger partial charge in [0.2, 0.25) is 0 Å². The van der Waals surface area contributed by atoms with E-state index in [4.69, 9.17) is 15.6 Å². The van der Waals surface area contributed by atoms with Crippen LogP contribution < -0.4 is 11.1 Å². The first-order chi connectivity index (χ1) is 12.0. The summed E-state index contributed by atoms with van der Waals surface area (Å²) in [5, 5.41) is 12.1. The second-order valence-corrected chi connectivity index (χ2v) is 6.32. The van der Waals surface area contributed by atoms with Crippen LogP contribution in [0.15, 0.2) is 22.7 Å². The lowest BCUT2D eigenvalue weighted by Crippen LogP contribution is -2.25. The van der Waals surface area contributed by atoms with E-state index in [0.717, 1.165) is 20.9 Å². The molecule has 0 spiro atoms. The van der Waals surface area contributed by atoms with Crippen molar-refractivity contribution in [1.29, 1.82) is 0 Å². The molecule has 0 unspecified atom stereocenters. The van der Waals surface area contributed by atoms with Crippen molar-refractivity contribution >= 4 is 49.8 Å². The molecule has 0 saturated heterocycles. The van der Waals surface area contributed by atoms with Crippen LogP contribution in [0.2, 0.25) is 0 Å². The van der Waals surface area contributed by atoms with E-state index in [1.807, 2.05) is 29.7 Å². The summed E-state index contributed by atoms with van der Waals surface area (Å²) < 4.78 is 8.34. The van der Waals surface area contributed by atoms with Gasteiger partial charge in [0.15, 0.2) is 5.82 Å². The minimum Gasteiger partial charge on any atom is -0.465 e. The number of carboxylic acid groups (broad SMARTS) is 1. The van der Waals surface area contributed by atoms with Gasteiger partial charge in [-0.25, -0.2) is 14.8 Å². The molecule has 0 aliphatic rings. The smallest absolute Gasteiger partial charge is 0.404 e. The Morgan fingerprint density at radius 1 is 1.44 bits per heavy atom. The second-order valence-electron chi connectivity index (χ2n) is 5.40. The number of pyridine rings is 1. The zero-order valence-electron chi connectivity index (χ0n) is 13.6. The van der Waals surface area contributed by atoms with Crippen molar-refractivity contribution in [1.82, 2.24) is 19.9 Å². The van der Waals surface area contributed by atoms with E-state index in [1.165, 1.54) is 0 Å². The van der Waals surface area contributed by atoms with E-state index in [9.17, 15) is 4.79 Å². The van der Waals surface area contributed by atoms with Crippen molar-refractivity contribution in [2.24, 2.45) is 0 Å². The molecule has 0 radical (unpaired) electrons. The molecule has 1 amide bonds. The summed E-state index contributed by atoms with van der Waals surface area (Å²) in [4.78, 5) is 19.8. The van der Waals surface area contributed by atoms with Gasteiger partial charge in [0.05, 0.1) is 11.0 Å². The summed E-state index contributed by atoms with van der Waals surface area (Å²) in [6.45, 7) is 3.44. The fourth-order valence-electron chi connectivity index (χ4n) is 2.75. The Bertz CT molecular complexity index is 941. The maximum atomic E-state index is 10.8. The highest BCUT2D eigenvalue weighted by Crippen LogP contribution is 2.30. The Morgan fingerprint density at radius 3 is 2.96 bits per heavy atom. The molecule has 0 bridgehead atoms. The fourth-order valence-corrected chi connectivity index (χ4v) is 3.10. The number of nitrogen functional groups attached to an aromatic ring is 1. The monoisotopic (exact) mass is 407 g/mol. The molecule has 4 N–H and O–H groups in total. The minimum atomic E-state index is -1.06. The fraction of sp³-hybridized carbons (Fsp3) is 0.312. The van der Waals surface area contributed by atoms with Crippen LogP contribution in [-0.2, 0) is 17.9 Å². The van der Waals surface area contributed by atoms with Crippen molar-refractivity contribution in [2.45, 2.75) is 20.1 Å². The van der Waals surface area contributed by atoms with Crippen LogP contribution in [0.3, 0.4) is 0 Å². The van der Waals surface area contributed by atoms with Gasteiger partial charge in [-0.2, -0.15) is 0 Å². The number of anilines is 1. The molecule has 3 rings (SSSR count). The predicted octanol–water partition coefficient (Wildman–Crippen LogP) is 2.73. The number of amides is 1. The number of benzene rings is 1. The molecule has 0 atom stereocenters. The zero-order chi connectivity index (χ0) is 18.0. The van der Waals surface area contributed by atoms with Gasteiger partial charge in [0.1, 0.15) is 17.9 Å². The lowest BCUT2D eigenvalue weighted by atomic mass is 10.2. The summed E-state index contributed by atoms with van der Waals surface area (Å²) in [5.41, 5.74) is 8.28. The lowest BCUT2D eigenvalue weighted by Gasteiger charge is -2.11. The normalized spacial score (nSPS) is 11.3.